The van der Waals surface area contributed by atoms with Crippen molar-refractivity contribution >= 4 is 11.6 Å². The van der Waals surface area contributed by atoms with Crippen molar-refractivity contribution < 1.29 is 14.6 Å². The number of nitrogens with one attached hydrogen (secondary N) is 1. The fraction of sp³-hybridized carbons (Fsp3) is 0.200. The highest BCUT2D eigenvalue weighted by molar-refractivity contribution is 6.04. The Balaban J connectivity index is 2.08. The lowest BCUT2D eigenvalue weighted by molar-refractivity contribution is 0.102. The molecule has 5 nitrogen and oxygen atoms in total. The van der Waals surface area contributed by atoms with Crippen LogP contribution < -0.4 is 10.1 Å². The van der Waals surface area contributed by atoms with Gasteiger partial charge in [0.05, 0.1) is 18.5 Å². The zero-order chi connectivity index (χ0) is 14.5. The minimum absolute atomic E-state index is 0.171. The van der Waals surface area contributed by atoms with Gasteiger partial charge in [-0.2, -0.15) is 0 Å². The Bertz CT molecular complexity index is 609. The Morgan fingerprint density at radius 2 is 2.15 bits per heavy atom. The monoisotopic (exact) mass is 272 g/mol. The molecule has 0 fully saturated rings. The third kappa shape index (κ3) is 3.26. The number of aromatic nitrogens is 1. The zero-order valence-corrected chi connectivity index (χ0v) is 11.4. The van der Waals surface area contributed by atoms with Crippen LogP contribution in [0.1, 0.15) is 22.8 Å². The van der Waals surface area contributed by atoms with Crippen LogP contribution in [0.5, 0.6) is 11.6 Å². The molecule has 0 saturated carbocycles. The predicted molar refractivity (Wildman–Crippen MR) is 76.2 cm³/mol. The van der Waals surface area contributed by atoms with Crippen LogP contribution in [0.4, 0.5) is 5.69 Å². The Morgan fingerprint density at radius 3 is 2.75 bits per heavy atom. The first-order valence-corrected chi connectivity index (χ1v) is 6.30. The number of phenolic OH excluding ortho intramolecular Hbond substituents is 1. The van der Waals surface area contributed by atoms with E-state index < -0.39 is 0 Å². The van der Waals surface area contributed by atoms with Gasteiger partial charge in [0.2, 0.25) is 5.88 Å². The van der Waals surface area contributed by atoms with Crippen molar-refractivity contribution in [1.29, 1.82) is 0 Å². The molecule has 0 radical (unpaired) electrons. The second kappa shape index (κ2) is 6.06. The number of benzene rings is 1. The summed E-state index contributed by atoms with van der Waals surface area (Å²) in [6, 6.07) is 8.12. The van der Waals surface area contributed by atoms with Crippen molar-refractivity contribution in [2.75, 3.05) is 11.9 Å². The number of ether oxygens (including phenoxy) is 1. The smallest absolute Gasteiger partial charge is 0.255 e. The summed E-state index contributed by atoms with van der Waals surface area (Å²) in [5.41, 5.74) is 1.72. The lowest BCUT2D eigenvalue weighted by Crippen LogP contribution is -2.12. The molecule has 0 spiro atoms. The minimum Gasteiger partial charge on any atom is -0.508 e. The molecule has 0 saturated heterocycles. The molecule has 2 aromatic rings. The molecule has 20 heavy (non-hydrogen) atoms. The number of carbonyl (C=O) groups excluding carboxylic acids is 1. The number of hydrogen-bond acceptors (Lipinski definition) is 4. The number of carbonyl (C=O) groups is 1. The van der Waals surface area contributed by atoms with E-state index in [9.17, 15) is 9.90 Å². The summed E-state index contributed by atoms with van der Waals surface area (Å²) in [5.74, 6) is 0.439. The van der Waals surface area contributed by atoms with Crippen molar-refractivity contribution in [3.63, 3.8) is 0 Å². The molecule has 1 aromatic heterocycles. The van der Waals surface area contributed by atoms with Crippen LogP contribution >= 0.6 is 0 Å². The molecule has 0 bridgehead atoms. The first-order chi connectivity index (χ1) is 9.60. The molecular formula is C15H16N2O3. The third-order valence-electron chi connectivity index (χ3n) is 2.75. The van der Waals surface area contributed by atoms with Crippen LogP contribution in [-0.4, -0.2) is 22.6 Å². The Kier molecular flexibility index (Phi) is 4.20. The van der Waals surface area contributed by atoms with Gasteiger partial charge in [-0.3, -0.25) is 4.79 Å². The van der Waals surface area contributed by atoms with E-state index >= 15 is 0 Å². The third-order valence-corrected chi connectivity index (χ3v) is 2.75. The maximum absolute atomic E-state index is 12.0. The highest BCUT2D eigenvalue weighted by Crippen LogP contribution is 2.18. The Morgan fingerprint density at radius 1 is 1.35 bits per heavy atom. The van der Waals surface area contributed by atoms with Crippen molar-refractivity contribution in [2.45, 2.75) is 13.8 Å². The highest BCUT2D eigenvalue weighted by Gasteiger charge is 2.08. The lowest BCUT2D eigenvalue weighted by atomic mass is 10.1. The van der Waals surface area contributed by atoms with E-state index in [4.69, 9.17) is 4.74 Å². The summed E-state index contributed by atoms with van der Waals surface area (Å²) in [6.07, 6.45) is 1.54. The summed E-state index contributed by atoms with van der Waals surface area (Å²) in [4.78, 5) is 16.1. The van der Waals surface area contributed by atoms with Gasteiger partial charge in [-0.15, -0.1) is 0 Å². The molecule has 0 aliphatic rings. The molecule has 104 valence electrons. The van der Waals surface area contributed by atoms with Gasteiger partial charge in [-0.05, 0) is 43.7 Å². The number of rotatable bonds is 4. The van der Waals surface area contributed by atoms with Crippen LogP contribution in [0, 0.1) is 6.92 Å². The van der Waals surface area contributed by atoms with E-state index in [-0.39, 0.29) is 11.7 Å². The summed E-state index contributed by atoms with van der Waals surface area (Å²) >= 11 is 0. The molecule has 1 amide bonds. The molecule has 1 aromatic carbocycles. The number of aryl methyl sites for hydroxylation is 1. The van der Waals surface area contributed by atoms with Crippen molar-refractivity contribution in [2.24, 2.45) is 0 Å². The van der Waals surface area contributed by atoms with E-state index in [1.807, 2.05) is 6.92 Å². The largest absolute Gasteiger partial charge is 0.508 e. The first kappa shape index (κ1) is 13.9. The van der Waals surface area contributed by atoms with Crippen LogP contribution in [0.25, 0.3) is 0 Å². The van der Waals surface area contributed by atoms with Gasteiger partial charge < -0.3 is 15.2 Å². The second-order valence-electron chi connectivity index (χ2n) is 4.27. The standard InChI is InChI=1S/C15H16N2O3/c1-3-20-14-7-5-12(9-16-14)17-15(19)11-4-6-13(18)10(2)8-11/h4-9,18H,3H2,1-2H3,(H,17,19). The van der Waals surface area contributed by atoms with E-state index in [0.29, 0.717) is 29.3 Å². The summed E-state index contributed by atoms with van der Waals surface area (Å²) in [6.45, 7) is 4.17. The number of phenols is 1. The second-order valence-corrected chi connectivity index (χ2v) is 4.27. The van der Waals surface area contributed by atoms with E-state index in [2.05, 4.69) is 10.3 Å². The Labute approximate surface area is 117 Å². The molecule has 5 heteroatoms. The van der Waals surface area contributed by atoms with Crippen LogP contribution in [0.15, 0.2) is 36.5 Å². The first-order valence-electron chi connectivity index (χ1n) is 6.30. The van der Waals surface area contributed by atoms with E-state index in [0.717, 1.165) is 0 Å². The molecule has 2 N–H and O–H groups in total. The average molecular weight is 272 g/mol. The van der Waals surface area contributed by atoms with E-state index in [1.165, 1.54) is 12.3 Å². The van der Waals surface area contributed by atoms with Crippen LogP contribution in [0.3, 0.4) is 0 Å². The molecule has 0 aliphatic heterocycles. The summed E-state index contributed by atoms with van der Waals surface area (Å²) < 4.78 is 5.23. The molecule has 0 aliphatic carbocycles. The molecule has 2 rings (SSSR count). The van der Waals surface area contributed by atoms with Gasteiger partial charge >= 0.3 is 0 Å². The summed E-state index contributed by atoms with van der Waals surface area (Å²) in [7, 11) is 0. The predicted octanol–water partition coefficient (Wildman–Crippen LogP) is 2.75. The quantitative estimate of drug-likeness (QED) is 0.897. The average Bonchev–Trinajstić information content (AvgIpc) is 2.44. The van der Waals surface area contributed by atoms with Crippen molar-refractivity contribution in [1.82, 2.24) is 4.98 Å². The van der Waals surface area contributed by atoms with Gasteiger partial charge in [0, 0.05) is 11.6 Å². The van der Waals surface area contributed by atoms with Gasteiger partial charge in [0.1, 0.15) is 5.75 Å². The zero-order valence-electron chi connectivity index (χ0n) is 11.4. The highest BCUT2D eigenvalue weighted by atomic mass is 16.5. The van der Waals surface area contributed by atoms with Gasteiger partial charge in [-0.1, -0.05) is 0 Å². The van der Waals surface area contributed by atoms with Gasteiger partial charge in [0.15, 0.2) is 0 Å². The molecule has 0 atom stereocenters. The molecule has 1 heterocycles. The summed E-state index contributed by atoms with van der Waals surface area (Å²) in [5, 5.41) is 12.2. The van der Waals surface area contributed by atoms with Crippen LogP contribution in [0.2, 0.25) is 0 Å². The lowest BCUT2D eigenvalue weighted by Gasteiger charge is -2.07. The molecule has 0 unspecified atom stereocenters. The van der Waals surface area contributed by atoms with Crippen LogP contribution in [-0.2, 0) is 0 Å². The maximum atomic E-state index is 12.0. The number of anilines is 1. The Hall–Kier alpha value is -2.56. The normalized spacial score (nSPS) is 10.1. The van der Waals surface area contributed by atoms with Crippen molar-refractivity contribution in [3.05, 3.63) is 47.7 Å². The fourth-order valence-corrected chi connectivity index (χ4v) is 1.69. The number of hydrogen-bond donors (Lipinski definition) is 2. The minimum atomic E-state index is -0.251. The SMILES string of the molecule is CCOc1ccc(NC(=O)c2ccc(O)c(C)c2)cn1. The number of nitrogens with zero attached hydrogens (tertiary/aromatic N) is 1. The van der Waals surface area contributed by atoms with E-state index in [1.54, 1.807) is 31.2 Å². The number of amides is 1. The maximum Gasteiger partial charge on any atom is 0.255 e. The van der Waals surface area contributed by atoms with Crippen molar-refractivity contribution in [3.8, 4) is 11.6 Å². The topological polar surface area (TPSA) is 71.5 Å². The fourth-order valence-electron chi connectivity index (χ4n) is 1.69. The van der Waals surface area contributed by atoms with Gasteiger partial charge in [-0.25, -0.2) is 4.98 Å². The van der Waals surface area contributed by atoms with Gasteiger partial charge in [0.25, 0.3) is 5.91 Å². The number of aromatic hydroxyl groups is 1. The number of pyridine rings is 1. The molecular weight excluding hydrogens is 256 g/mol.